The first-order valence-electron chi connectivity index (χ1n) is 10.1. The normalized spacial score (nSPS) is 21.2. The number of anilines is 2. The fraction of sp³-hybridized carbons (Fsp3) is 0.167. The molecule has 1 saturated heterocycles. The minimum atomic E-state index is -4.38. The van der Waals surface area contributed by atoms with Crippen LogP contribution in [0, 0.1) is 18.6 Å². The molecule has 3 aromatic rings. The molecule has 0 unspecified atom stereocenters. The highest BCUT2D eigenvalue weighted by atomic mass is 32.2. The van der Waals surface area contributed by atoms with Crippen LogP contribution in [0.2, 0.25) is 0 Å². The zero-order valence-corrected chi connectivity index (χ0v) is 18.3. The van der Waals surface area contributed by atoms with Crippen LogP contribution < -0.4 is 9.80 Å². The molecule has 6 nitrogen and oxygen atoms in total. The predicted molar refractivity (Wildman–Crippen MR) is 118 cm³/mol. The summed E-state index contributed by atoms with van der Waals surface area (Å²) in [5.41, 5.74) is 0.786. The minimum absolute atomic E-state index is 0.0416. The van der Waals surface area contributed by atoms with Gasteiger partial charge in [-0.25, -0.2) is 17.2 Å². The molecule has 168 valence electrons. The van der Waals surface area contributed by atoms with E-state index in [1.807, 2.05) is 0 Å². The van der Waals surface area contributed by atoms with Crippen molar-refractivity contribution in [3.8, 4) is 0 Å². The monoisotopic (exact) mass is 468 g/mol. The van der Waals surface area contributed by atoms with Gasteiger partial charge in [-0.3, -0.25) is 14.5 Å². The number of hydrogen-bond acceptors (Lipinski definition) is 4. The maximum absolute atomic E-state index is 14.4. The Bertz CT molecular complexity index is 1440. The number of halogens is 2. The van der Waals surface area contributed by atoms with Crippen molar-refractivity contribution >= 4 is 33.0 Å². The lowest BCUT2D eigenvalue weighted by Gasteiger charge is -2.32. The number of hydrogen-bond donors (Lipinski definition) is 0. The van der Waals surface area contributed by atoms with E-state index in [4.69, 9.17) is 0 Å². The van der Waals surface area contributed by atoms with E-state index in [0.29, 0.717) is 5.56 Å². The second-order valence-electron chi connectivity index (χ2n) is 8.07. The van der Waals surface area contributed by atoms with E-state index in [0.717, 1.165) is 11.0 Å². The summed E-state index contributed by atoms with van der Waals surface area (Å²) in [4.78, 5) is 26.6. The molecule has 2 aliphatic heterocycles. The lowest BCUT2D eigenvalue weighted by molar-refractivity contribution is -0.123. The Balaban J connectivity index is 1.75. The molecule has 3 aromatic carbocycles. The van der Waals surface area contributed by atoms with E-state index >= 15 is 0 Å². The Morgan fingerprint density at radius 3 is 2.36 bits per heavy atom. The molecule has 1 atom stereocenters. The number of fused-ring (bicyclic) bond motifs is 2. The van der Waals surface area contributed by atoms with Crippen molar-refractivity contribution in [2.75, 3.05) is 15.6 Å². The van der Waals surface area contributed by atoms with Gasteiger partial charge in [0.15, 0.2) is 9.84 Å². The number of nitrogens with zero attached hydrogens (tertiary/aromatic N) is 2. The summed E-state index contributed by atoms with van der Waals surface area (Å²) in [7, 11) is -4.38. The van der Waals surface area contributed by atoms with E-state index < -0.39 is 43.9 Å². The number of carbonyl (C=O) groups excluding carboxylic acids is 2. The van der Waals surface area contributed by atoms with Crippen LogP contribution in [0.4, 0.5) is 20.2 Å². The molecule has 2 amide bonds. The lowest BCUT2D eigenvalue weighted by atomic mass is 10.0. The van der Waals surface area contributed by atoms with Crippen molar-refractivity contribution in [2.24, 2.45) is 0 Å². The third-order valence-electron chi connectivity index (χ3n) is 6.12. The first-order chi connectivity index (χ1) is 15.7. The predicted octanol–water partition coefficient (Wildman–Crippen LogP) is 3.43. The van der Waals surface area contributed by atoms with Crippen LogP contribution in [-0.4, -0.2) is 26.0 Å². The van der Waals surface area contributed by atoms with Gasteiger partial charge in [-0.2, -0.15) is 0 Å². The number of sulfone groups is 1. The largest absolute Gasteiger partial charge is 0.304 e. The topological polar surface area (TPSA) is 74.8 Å². The van der Waals surface area contributed by atoms with E-state index in [2.05, 4.69) is 0 Å². The van der Waals surface area contributed by atoms with Gasteiger partial charge in [0.25, 0.3) is 10.8 Å². The molecule has 0 aliphatic carbocycles. The van der Waals surface area contributed by atoms with Gasteiger partial charge in [0, 0.05) is 16.8 Å². The quantitative estimate of drug-likeness (QED) is 0.590. The highest BCUT2D eigenvalue weighted by Gasteiger charge is 2.69. The molecular formula is C24H18F2N2O4S. The number of rotatable bonds is 3. The molecule has 2 aliphatic rings. The maximum Gasteiger partial charge on any atom is 0.274 e. The molecular weight excluding hydrogens is 450 g/mol. The number of amides is 2. The van der Waals surface area contributed by atoms with Crippen molar-refractivity contribution in [1.29, 1.82) is 0 Å². The third-order valence-corrected chi connectivity index (χ3v) is 8.23. The van der Waals surface area contributed by atoms with Crippen molar-refractivity contribution in [3.63, 3.8) is 0 Å². The molecule has 0 aromatic heterocycles. The summed E-state index contributed by atoms with van der Waals surface area (Å²) < 4.78 is 55.8. The molecule has 0 radical (unpaired) electrons. The molecule has 0 saturated carbocycles. The Labute approximate surface area is 189 Å². The van der Waals surface area contributed by atoms with Gasteiger partial charge in [0.05, 0.1) is 12.2 Å². The highest BCUT2D eigenvalue weighted by Crippen LogP contribution is 2.52. The van der Waals surface area contributed by atoms with Crippen LogP contribution in [-0.2, 0) is 30.8 Å². The van der Waals surface area contributed by atoms with Crippen molar-refractivity contribution in [2.45, 2.75) is 18.3 Å². The Kier molecular flexibility index (Phi) is 4.65. The van der Waals surface area contributed by atoms with Crippen molar-refractivity contribution in [1.82, 2.24) is 0 Å². The van der Waals surface area contributed by atoms with Crippen LogP contribution >= 0.6 is 0 Å². The Morgan fingerprint density at radius 1 is 0.939 bits per heavy atom. The van der Waals surface area contributed by atoms with Gasteiger partial charge in [-0.1, -0.05) is 42.5 Å². The summed E-state index contributed by atoms with van der Waals surface area (Å²) >= 11 is 0. The minimum Gasteiger partial charge on any atom is -0.304 e. The SMILES string of the molecule is Cc1ccc(N2C(=O)CS(=O)(=O)[C@@]23C(=O)N(Cc2ccccc2F)c2ccccc23)cc1F. The first kappa shape index (κ1) is 21.3. The average molecular weight is 468 g/mol. The van der Waals surface area contributed by atoms with Gasteiger partial charge < -0.3 is 4.90 Å². The van der Waals surface area contributed by atoms with E-state index in [1.165, 1.54) is 48.2 Å². The third kappa shape index (κ3) is 2.85. The van der Waals surface area contributed by atoms with Crippen LogP contribution in [0.5, 0.6) is 0 Å². The Morgan fingerprint density at radius 2 is 1.64 bits per heavy atom. The standard InChI is InChI=1S/C24H18F2N2O4S/c1-15-10-11-17(12-20(15)26)28-22(29)14-33(31,32)24(28)18-7-3-5-9-21(18)27(23(24)30)13-16-6-2-4-8-19(16)25/h2-12H,13-14H2,1H3/t24-/m0/s1. The molecule has 5 rings (SSSR count). The Hall–Kier alpha value is -3.59. The molecule has 1 spiro atoms. The second kappa shape index (κ2) is 7.21. The number of aryl methyl sites for hydroxylation is 1. The van der Waals surface area contributed by atoms with Crippen molar-refractivity contribution < 1.29 is 26.8 Å². The van der Waals surface area contributed by atoms with Gasteiger partial charge in [-0.15, -0.1) is 0 Å². The maximum atomic E-state index is 14.4. The van der Waals surface area contributed by atoms with Gasteiger partial charge in [-0.05, 0) is 36.8 Å². The van der Waals surface area contributed by atoms with E-state index in [-0.39, 0.29) is 29.0 Å². The molecule has 33 heavy (non-hydrogen) atoms. The van der Waals surface area contributed by atoms with Gasteiger partial charge >= 0.3 is 0 Å². The molecule has 0 bridgehead atoms. The zero-order valence-electron chi connectivity index (χ0n) is 17.5. The summed E-state index contributed by atoms with van der Waals surface area (Å²) in [6, 6.07) is 15.9. The average Bonchev–Trinajstić information content (AvgIpc) is 3.14. The molecule has 2 heterocycles. The highest BCUT2D eigenvalue weighted by molar-refractivity contribution is 7.94. The summed E-state index contributed by atoms with van der Waals surface area (Å²) in [6.45, 7) is 1.30. The van der Waals surface area contributed by atoms with Gasteiger partial charge in [0.2, 0.25) is 5.91 Å². The molecule has 9 heteroatoms. The summed E-state index contributed by atoms with van der Waals surface area (Å²) in [5.74, 6) is -3.84. The van der Waals surface area contributed by atoms with Crippen LogP contribution in [0.1, 0.15) is 16.7 Å². The van der Waals surface area contributed by atoms with E-state index in [1.54, 1.807) is 24.3 Å². The van der Waals surface area contributed by atoms with E-state index in [9.17, 15) is 26.8 Å². The fourth-order valence-corrected chi connectivity index (χ4v) is 6.60. The lowest BCUT2D eigenvalue weighted by Crippen LogP contribution is -2.54. The summed E-state index contributed by atoms with van der Waals surface area (Å²) in [6.07, 6.45) is 0. The number of carbonyl (C=O) groups is 2. The first-order valence-corrected chi connectivity index (χ1v) is 11.8. The summed E-state index contributed by atoms with van der Waals surface area (Å²) in [5, 5.41) is 0. The number of benzene rings is 3. The van der Waals surface area contributed by atoms with Crippen LogP contribution in [0.25, 0.3) is 0 Å². The number of para-hydroxylation sites is 1. The second-order valence-corrected chi connectivity index (χ2v) is 10.2. The molecule has 0 N–H and O–H groups in total. The zero-order chi connectivity index (χ0) is 23.5. The van der Waals surface area contributed by atoms with Gasteiger partial charge in [0.1, 0.15) is 17.4 Å². The van der Waals surface area contributed by atoms with Crippen molar-refractivity contribution in [3.05, 3.63) is 95.1 Å². The molecule has 1 fully saturated rings. The van der Waals surface area contributed by atoms with Crippen LogP contribution in [0.15, 0.2) is 66.7 Å². The van der Waals surface area contributed by atoms with Crippen LogP contribution in [0.3, 0.4) is 0 Å². The fourth-order valence-electron chi connectivity index (χ4n) is 4.57. The smallest absolute Gasteiger partial charge is 0.274 e.